The third-order valence-corrected chi connectivity index (χ3v) is 3.28. The second kappa shape index (κ2) is 5.85. The molecule has 0 saturated heterocycles. The van der Waals surface area contributed by atoms with Gasteiger partial charge in [-0.05, 0) is 18.9 Å². The first-order valence-corrected chi connectivity index (χ1v) is 6.25. The molecular formula is C11H14BrClO2. The molecule has 0 aromatic heterocycles. The third kappa shape index (κ3) is 3.18. The van der Waals surface area contributed by atoms with Crippen molar-refractivity contribution in [3.05, 3.63) is 34.3 Å². The van der Waals surface area contributed by atoms with Crippen molar-refractivity contribution in [1.82, 2.24) is 0 Å². The summed E-state index contributed by atoms with van der Waals surface area (Å²) in [7, 11) is 0. The standard InChI is InChI=1S/C11H14BrClO2/c1-7-3-2-4-8(10(7)13)11(15)9(14)5-6-12/h2-4,9,11,14-15H,5-6H2,1H3. The third-order valence-electron chi connectivity index (χ3n) is 2.31. The predicted molar refractivity (Wildman–Crippen MR) is 65.6 cm³/mol. The molecule has 2 nitrogen and oxygen atoms in total. The van der Waals surface area contributed by atoms with Gasteiger partial charge in [-0.25, -0.2) is 0 Å². The minimum absolute atomic E-state index is 0.492. The molecule has 0 aliphatic carbocycles. The number of benzene rings is 1. The van der Waals surface area contributed by atoms with Gasteiger partial charge in [0.25, 0.3) is 0 Å². The van der Waals surface area contributed by atoms with Gasteiger partial charge in [-0.15, -0.1) is 0 Å². The lowest BCUT2D eigenvalue weighted by molar-refractivity contribution is 0.0174. The Labute approximate surface area is 103 Å². The molecule has 1 aromatic rings. The van der Waals surface area contributed by atoms with E-state index in [9.17, 15) is 10.2 Å². The maximum atomic E-state index is 9.87. The van der Waals surface area contributed by atoms with Crippen molar-refractivity contribution in [2.45, 2.75) is 25.6 Å². The molecule has 0 saturated carbocycles. The first kappa shape index (κ1) is 13.0. The maximum Gasteiger partial charge on any atom is 0.106 e. The number of aliphatic hydroxyl groups is 2. The summed E-state index contributed by atoms with van der Waals surface area (Å²) in [6.07, 6.45) is -1.22. The fourth-order valence-electron chi connectivity index (χ4n) is 1.38. The molecule has 0 bridgehead atoms. The van der Waals surface area contributed by atoms with Crippen molar-refractivity contribution >= 4 is 27.5 Å². The van der Waals surface area contributed by atoms with Gasteiger partial charge >= 0.3 is 0 Å². The number of hydrogen-bond acceptors (Lipinski definition) is 2. The fourth-order valence-corrected chi connectivity index (χ4v) is 2.08. The van der Waals surface area contributed by atoms with Crippen molar-refractivity contribution in [2.75, 3.05) is 5.33 Å². The SMILES string of the molecule is Cc1cccc(C(O)C(O)CCBr)c1Cl. The molecule has 0 amide bonds. The Balaban J connectivity index is 2.90. The Morgan fingerprint density at radius 1 is 1.40 bits per heavy atom. The zero-order valence-corrected chi connectivity index (χ0v) is 10.8. The molecule has 0 heterocycles. The quantitative estimate of drug-likeness (QED) is 0.838. The molecule has 2 N–H and O–H groups in total. The van der Waals surface area contributed by atoms with Crippen molar-refractivity contribution in [3.63, 3.8) is 0 Å². The summed E-state index contributed by atoms with van der Waals surface area (Å²) in [5.74, 6) is 0. The normalized spacial score (nSPS) is 15.0. The van der Waals surface area contributed by atoms with Gasteiger partial charge in [0.2, 0.25) is 0 Å². The van der Waals surface area contributed by atoms with E-state index >= 15 is 0 Å². The van der Waals surface area contributed by atoms with Crippen molar-refractivity contribution in [2.24, 2.45) is 0 Å². The van der Waals surface area contributed by atoms with E-state index in [2.05, 4.69) is 15.9 Å². The van der Waals surface area contributed by atoms with E-state index in [4.69, 9.17) is 11.6 Å². The molecule has 0 aliphatic rings. The highest BCUT2D eigenvalue weighted by atomic mass is 79.9. The van der Waals surface area contributed by atoms with E-state index in [-0.39, 0.29) is 0 Å². The van der Waals surface area contributed by atoms with Crippen LogP contribution in [0.15, 0.2) is 18.2 Å². The molecule has 2 unspecified atom stereocenters. The molecule has 0 aliphatic heterocycles. The van der Waals surface area contributed by atoms with E-state index in [1.165, 1.54) is 0 Å². The smallest absolute Gasteiger partial charge is 0.106 e. The molecule has 2 atom stereocenters. The average molecular weight is 294 g/mol. The van der Waals surface area contributed by atoms with Gasteiger partial charge < -0.3 is 10.2 Å². The topological polar surface area (TPSA) is 40.5 Å². The minimum Gasteiger partial charge on any atom is -0.390 e. The Bertz CT molecular complexity index is 330. The lowest BCUT2D eigenvalue weighted by Gasteiger charge is -2.19. The fraction of sp³-hybridized carbons (Fsp3) is 0.455. The summed E-state index contributed by atoms with van der Waals surface area (Å²) >= 11 is 9.27. The molecule has 1 aromatic carbocycles. The van der Waals surface area contributed by atoms with Gasteiger partial charge in [0.1, 0.15) is 6.10 Å². The van der Waals surface area contributed by atoms with Crippen LogP contribution in [0.3, 0.4) is 0 Å². The zero-order valence-electron chi connectivity index (χ0n) is 8.45. The van der Waals surface area contributed by atoms with Crippen LogP contribution in [0.2, 0.25) is 5.02 Å². The molecule has 1 rings (SSSR count). The van der Waals surface area contributed by atoms with Crippen LogP contribution in [-0.2, 0) is 0 Å². The second-order valence-corrected chi connectivity index (χ2v) is 4.64. The molecular weight excluding hydrogens is 279 g/mol. The van der Waals surface area contributed by atoms with Gasteiger partial charge in [0.05, 0.1) is 6.10 Å². The second-order valence-electron chi connectivity index (χ2n) is 3.47. The summed E-state index contributed by atoms with van der Waals surface area (Å²) in [4.78, 5) is 0. The Hall–Kier alpha value is -0.0900. The largest absolute Gasteiger partial charge is 0.390 e. The van der Waals surface area contributed by atoms with E-state index in [1.807, 2.05) is 19.1 Å². The highest BCUT2D eigenvalue weighted by molar-refractivity contribution is 9.09. The van der Waals surface area contributed by atoms with Crippen molar-refractivity contribution < 1.29 is 10.2 Å². The van der Waals surface area contributed by atoms with Crippen LogP contribution >= 0.6 is 27.5 Å². The zero-order chi connectivity index (χ0) is 11.4. The molecule has 0 fully saturated rings. The minimum atomic E-state index is -0.921. The van der Waals surface area contributed by atoms with Crippen molar-refractivity contribution in [1.29, 1.82) is 0 Å². The highest BCUT2D eigenvalue weighted by Crippen LogP contribution is 2.28. The number of aliphatic hydroxyl groups excluding tert-OH is 2. The predicted octanol–water partition coefficient (Wildman–Crippen LogP) is 2.83. The van der Waals surface area contributed by atoms with Gasteiger partial charge in [-0.1, -0.05) is 45.7 Å². The first-order valence-electron chi connectivity index (χ1n) is 4.75. The summed E-state index contributed by atoms with van der Waals surface area (Å²) in [5, 5.41) is 20.7. The highest BCUT2D eigenvalue weighted by Gasteiger charge is 2.20. The van der Waals surface area contributed by atoms with E-state index in [0.717, 1.165) is 5.56 Å². The molecule has 15 heavy (non-hydrogen) atoms. The summed E-state index contributed by atoms with van der Waals surface area (Å²) in [6.45, 7) is 1.87. The Morgan fingerprint density at radius 2 is 2.07 bits per heavy atom. The maximum absolute atomic E-state index is 9.87. The van der Waals surface area contributed by atoms with Crippen LogP contribution in [0.1, 0.15) is 23.7 Å². The summed E-state index contributed by atoms with van der Waals surface area (Å²) < 4.78 is 0. The van der Waals surface area contributed by atoms with Crippen LogP contribution < -0.4 is 0 Å². The van der Waals surface area contributed by atoms with Crippen LogP contribution in [0, 0.1) is 6.92 Å². The van der Waals surface area contributed by atoms with Gasteiger partial charge in [0, 0.05) is 15.9 Å². The lowest BCUT2D eigenvalue weighted by atomic mass is 10.0. The first-order chi connectivity index (χ1) is 7.07. The van der Waals surface area contributed by atoms with Gasteiger partial charge in [-0.3, -0.25) is 0 Å². The number of alkyl halides is 1. The summed E-state index contributed by atoms with van der Waals surface area (Å²) in [5.41, 5.74) is 1.49. The van der Waals surface area contributed by atoms with Gasteiger partial charge in [0.15, 0.2) is 0 Å². The van der Waals surface area contributed by atoms with Crippen LogP contribution in [0.25, 0.3) is 0 Å². The number of halogens is 2. The molecule has 0 radical (unpaired) electrons. The van der Waals surface area contributed by atoms with Gasteiger partial charge in [-0.2, -0.15) is 0 Å². The van der Waals surface area contributed by atoms with Crippen LogP contribution in [-0.4, -0.2) is 21.6 Å². The molecule has 84 valence electrons. The van der Waals surface area contributed by atoms with E-state index in [0.29, 0.717) is 22.3 Å². The summed E-state index contributed by atoms with van der Waals surface area (Å²) in [6, 6.07) is 5.42. The Kier molecular flexibility index (Phi) is 5.06. The monoisotopic (exact) mass is 292 g/mol. The van der Waals surface area contributed by atoms with E-state index in [1.54, 1.807) is 6.07 Å². The lowest BCUT2D eigenvalue weighted by Crippen LogP contribution is -2.19. The molecule has 0 spiro atoms. The molecule has 4 heteroatoms. The van der Waals surface area contributed by atoms with Crippen LogP contribution in [0.5, 0.6) is 0 Å². The van der Waals surface area contributed by atoms with Crippen LogP contribution in [0.4, 0.5) is 0 Å². The van der Waals surface area contributed by atoms with Crippen molar-refractivity contribution in [3.8, 4) is 0 Å². The average Bonchev–Trinajstić information content (AvgIpc) is 2.21. The number of aryl methyl sites for hydroxylation is 1. The van der Waals surface area contributed by atoms with E-state index < -0.39 is 12.2 Å². The number of rotatable bonds is 4. The Morgan fingerprint density at radius 3 is 2.67 bits per heavy atom. The number of hydrogen-bond donors (Lipinski definition) is 2.